The van der Waals surface area contributed by atoms with Crippen molar-refractivity contribution in [3.05, 3.63) is 77.7 Å². The number of methoxy groups -OCH3 is 1. The van der Waals surface area contributed by atoms with Crippen molar-refractivity contribution in [1.82, 2.24) is 0 Å². The first-order valence-electron chi connectivity index (χ1n) is 9.29. The standard InChI is InChI=1S/C23H31NO2Si/c1-18(19-14-10-8-11-15-19)21(26-27(6,7)23(2,3)4)24-22(25-5)20-16-12-9-13-17-20/h8-17H,1-7H3/b21-18-,24-22-. The van der Waals surface area contributed by atoms with Crippen molar-refractivity contribution in [2.45, 2.75) is 45.8 Å². The number of hydrogen-bond donors (Lipinski definition) is 0. The molecule has 0 fully saturated rings. The van der Waals surface area contributed by atoms with Gasteiger partial charge in [0, 0.05) is 11.1 Å². The highest BCUT2D eigenvalue weighted by Crippen LogP contribution is 2.39. The molecule has 0 amide bonds. The summed E-state index contributed by atoms with van der Waals surface area (Å²) in [6.07, 6.45) is 0. The van der Waals surface area contributed by atoms with E-state index in [4.69, 9.17) is 14.2 Å². The summed E-state index contributed by atoms with van der Waals surface area (Å²) < 4.78 is 12.2. The minimum atomic E-state index is -2.06. The second-order valence-corrected chi connectivity index (χ2v) is 12.9. The Morgan fingerprint density at radius 1 is 0.852 bits per heavy atom. The highest BCUT2D eigenvalue weighted by molar-refractivity contribution is 6.74. The van der Waals surface area contributed by atoms with Crippen LogP contribution in [0.3, 0.4) is 0 Å². The average Bonchev–Trinajstić information content (AvgIpc) is 2.65. The van der Waals surface area contributed by atoms with E-state index >= 15 is 0 Å². The molecule has 2 aromatic rings. The summed E-state index contributed by atoms with van der Waals surface area (Å²) in [7, 11) is -0.418. The fourth-order valence-corrected chi connectivity index (χ4v) is 3.28. The minimum absolute atomic E-state index is 0.0741. The van der Waals surface area contributed by atoms with Gasteiger partial charge in [0.15, 0.2) is 0 Å². The van der Waals surface area contributed by atoms with Crippen molar-refractivity contribution in [3.8, 4) is 0 Å². The van der Waals surface area contributed by atoms with Gasteiger partial charge in [-0.3, -0.25) is 0 Å². The molecule has 0 saturated carbocycles. The Morgan fingerprint density at radius 2 is 1.33 bits per heavy atom. The molecule has 2 rings (SSSR count). The third-order valence-corrected chi connectivity index (χ3v) is 9.42. The highest BCUT2D eigenvalue weighted by Gasteiger charge is 2.40. The maximum atomic E-state index is 6.62. The molecule has 0 aliphatic heterocycles. The smallest absolute Gasteiger partial charge is 0.252 e. The molecule has 0 heterocycles. The van der Waals surface area contributed by atoms with E-state index in [1.54, 1.807) is 7.11 Å². The van der Waals surface area contributed by atoms with Crippen LogP contribution in [-0.4, -0.2) is 21.3 Å². The maximum absolute atomic E-state index is 6.62. The average molecular weight is 382 g/mol. The molecule has 144 valence electrons. The zero-order valence-corrected chi connectivity index (χ0v) is 18.5. The minimum Gasteiger partial charge on any atom is -0.530 e. The van der Waals surface area contributed by atoms with Crippen LogP contribution in [-0.2, 0) is 9.16 Å². The fraction of sp³-hybridized carbons (Fsp3) is 0.348. The van der Waals surface area contributed by atoms with Gasteiger partial charge in [-0.15, -0.1) is 0 Å². The summed E-state index contributed by atoms with van der Waals surface area (Å²) in [6, 6.07) is 20.1. The molecule has 0 aromatic heterocycles. The first kappa shape index (κ1) is 21.0. The van der Waals surface area contributed by atoms with Gasteiger partial charge in [0.2, 0.25) is 11.8 Å². The quantitative estimate of drug-likeness (QED) is 0.256. The molecule has 3 nitrogen and oxygen atoms in total. The van der Waals surface area contributed by atoms with Crippen LogP contribution in [0.1, 0.15) is 38.8 Å². The lowest BCUT2D eigenvalue weighted by molar-refractivity contribution is 0.367. The molecule has 0 saturated heterocycles. The largest absolute Gasteiger partial charge is 0.530 e. The van der Waals surface area contributed by atoms with Gasteiger partial charge in [-0.2, -0.15) is 4.99 Å². The predicted molar refractivity (Wildman–Crippen MR) is 117 cm³/mol. The Labute approximate surface area is 164 Å². The molecule has 0 unspecified atom stereocenters. The van der Waals surface area contributed by atoms with Crippen LogP contribution >= 0.6 is 0 Å². The van der Waals surface area contributed by atoms with Gasteiger partial charge in [-0.25, -0.2) is 0 Å². The second kappa shape index (κ2) is 8.57. The van der Waals surface area contributed by atoms with Gasteiger partial charge in [0.1, 0.15) is 0 Å². The van der Waals surface area contributed by atoms with Gasteiger partial charge >= 0.3 is 0 Å². The van der Waals surface area contributed by atoms with E-state index in [-0.39, 0.29) is 5.04 Å². The molecule has 0 radical (unpaired) electrons. The summed E-state index contributed by atoms with van der Waals surface area (Å²) in [5, 5.41) is 0.0741. The van der Waals surface area contributed by atoms with Crippen LogP contribution in [0.5, 0.6) is 0 Å². The van der Waals surface area contributed by atoms with E-state index < -0.39 is 8.32 Å². The van der Waals surface area contributed by atoms with Crippen LogP contribution in [0.15, 0.2) is 71.5 Å². The van der Waals surface area contributed by atoms with Crippen LogP contribution in [0.2, 0.25) is 18.1 Å². The Balaban J connectivity index is 2.58. The first-order valence-corrected chi connectivity index (χ1v) is 12.2. The van der Waals surface area contributed by atoms with Gasteiger partial charge in [0.05, 0.1) is 7.11 Å². The SMILES string of the molecule is CO/C(=N\C(O[Si](C)(C)C(C)(C)C)=C(/C)c1ccccc1)c1ccccc1. The van der Waals surface area contributed by atoms with E-state index in [0.717, 1.165) is 16.7 Å². The number of aliphatic imine (C=N–C) groups is 1. The van der Waals surface area contributed by atoms with Crippen molar-refractivity contribution in [2.24, 2.45) is 4.99 Å². The molecule has 0 aliphatic rings. The molecule has 27 heavy (non-hydrogen) atoms. The van der Waals surface area contributed by atoms with Crippen LogP contribution < -0.4 is 0 Å². The molecular weight excluding hydrogens is 350 g/mol. The van der Waals surface area contributed by atoms with E-state index in [1.165, 1.54) is 0 Å². The van der Waals surface area contributed by atoms with Crippen molar-refractivity contribution in [2.75, 3.05) is 7.11 Å². The molecule has 4 heteroatoms. The molecule has 0 aliphatic carbocycles. The van der Waals surface area contributed by atoms with Crippen molar-refractivity contribution in [3.63, 3.8) is 0 Å². The first-order chi connectivity index (χ1) is 12.7. The molecule has 0 spiro atoms. The van der Waals surface area contributed by atoms with Gasteiger partial charge < -0.3 is 9.16 Å². The number of ether oxygens (including phenoxy) is 1. The Morgan fingerprint density at radius 3 is 1.78 bits per heavy atom. The summed E-state index contributed by atoms with van der Waals surface area (Å²) >= 11 is 0. The highest BCUT2D eigenvalue weighted by atomic mass is 28.4. The Kier molecular flexibility index (Phi) is 6.66. The Bertz CT molecular complexity index is 803. The number of benzene rings is 2. The monoisotopic (exact) mass is 381 g/mol. The molecule has 0 atom stereocenters. The third kappa shape index (κ3) is 5.33. The van der Waals surface area contributed by atoms with Gasteiger partial charge in [-0.05, 0) is 42.8 Å². The Hall–Kier alpha value is -2.33. The lowest BCUT2D eigenvalue weighted by Crippen LogP contribution is -2.40. The van der Waals surface area contributed by atoms with E-state index in [1.807, 2.05) is 48.5 Å². The van der Waals surface area contributed by atoms with Crippen LogP contribution in [0.4, 0.5) is 0 Å². The maximum Gasteiger partial charge on any atom is 0.252 e. The topological polar surface area (TPSA) is 30.8 Å². The van der Waals surface area contributed by atoms with E-state index in [9.17, 15) is 0 Å². The number of rotatable bonds is 5. The normalized spacial score (nSPS) is 13.8. The number of hydrogen-bond acceptors (Lipinski definition) is 3. The summed E-state index contributed by atoms with van der Waals surface area (Å²) in [5.41, 5.74) is 3.03. The molecule has 2 aromatic carbocycles. The van der Waals surface area contributed by atoms with Gasteiger partial charge in [0.25, 0.3) is 8.32 Å². The van der Waals surface area contributed by atoms with Crippen LogP contribution in [0, 0.1) is 0 Å². The molecule has 0 bridgehead atoms. The zero-order valence-electron chi connectivity index (χ0n) is 17.5. The van der Waals surface area contributed by atoms with E-state index in [2.05, 4.69) is 52.9 Å². The molecular formula is C23H31NO2Si. The predicted octanol–water partition coefficient (Wildman–Crippen LogP) is 6.49. The second-order valence-electron chi connectivity index (χ2n) is 8.15. The van der Waals surface area contributed by atoms with Crippen molar-refractivity contribution in [1.29, 1.82) is 0 Å². The molecule has 0 N–H and O–H groups in total. The number of allylic oxidation sites excluding steroid dienone is 1. The van der Waals surface area contributed by atoms with Crippen LogP contribution in [0.25, 0.3) is 5.57 Å². The van der Waals surface area contributed by atoms with Gasteiger partial charge in [-0.1, -0.05) is 69.3 Å². The summed E-state index contributed by atoms with van der Waals surface area (Å²) in [5.74, 6) is 1.19. The lowest BCUT2D eigenvalue weighted by Gasteiger charge is -2.36. The van der Waals surface area contributed by atoms with Crippen molar-refractivity contribution < 1.29 is 9.16 Å². The summed E-state index contributed by atoms with van der Waals surface area (Å²) in [4.78, 5) is 4.83. The fourth-order valence-electron chi connectivity index (χ4n) is 2.29. The number of nitrogens with zero attached hydrogens (tertiary/aromatic N) is 1. The van der Waals surface area contributed by atoms with Crippen molar-refractivity contribution >= 4 is 19.8 Å². The lowest BCUT2D eigenvalue weighted by atomic mass is 10.1. The zero-order chi connectivity index (χ0) is 20.1. The summed E-state index contributed by atoms with van der Waals surface area (Å²) in [6.45, 7) is 13.2. The third-order valence-electron chi connectivity index (χ3n) is 5.10. The van der Waals surface area contributed by atoms with E-state index in [0.29, 0.717) is 11.8 Å².